The third kappa shape index (κ3) is 3.46. The van der Waals surface area contributed by atoms with Crippen molar-refractivity contribution in [1.82, 2.24) is 15.0 Å². The van der Waals surface area contributed by atoms with E-state index in [1.165, 1.54) is 0 Å². The van der Waals surface area contributed by atoms with Gasteiger partial charge in [-0.2, -0.15) is 0 Å². The van der Waals surface area contributed by atoms with Crippen LogP contribution in [0.4, 0.5) is 5.82 Å². The predicted octanol–water partition coefficient (Wildman–Crippen LogP) is 3.33. The Kier molecular flexibility index (Phi) is 4.45. The molecule has 6 heteroatoms. The Hall–Kier alpha value is -3.80. The number of para-hydroxylation sites is 1. The minimum atomic E-state index is -0.699. The molecule has 4 rings (SSSR count). The highest BCUT2D eigenvalue weighted by Crippen LogP contribution is 2.27. The van der Waals surface area contributed by atoms with E-state index < -0.39 is 11.9 Å². The summed E-state index contributed by atoms with van der Waals surface area (Å²) in [7, 11) is 0. The molecule has 6 nitrogen and oxygen atoms in total. The molecule has 3 N–H and O–H groups in total. The minimum absolute atomic E-state index is 0.477. The quantitative estimate of drug-likeness (QED) is 0.573. The van der Waals surface area contributed by atoms with Gasteiger partial charge >= 0.3 is 0 Å². The van der Waals surface area contributed by atoms with E-state index in [2.05, 4.69) is 20.3 Å². The zero-order valence-corrected chi connectivity index (χ0v) is 14.4. The Morgan fingerprint density at radius 3 is 2.33 bits per heavy atom. The lowest BCUT2D eigenvalue weighted by Crippen LogP contribution is -2.28. The van der Waals surface area contributed by atoms with Gasteiger partial charge in [0.05, 0.1) is 5.52 Å². The third-order valence-electron chi connectivity index (χ3n) is 4.24. The highest BCUT2D eigenvalue weighted by molar-refractivity contribution is 5.93. The first-order valence-corrected chi connectivity index (χ1v) is 8.50. The number of nitrogens with two attached hydrogens (primary N) is 1. The number of fused-ring (bicyclic) bond motifs is 1. The molecule has 0 aliphatic carbocycles. The van der Waals surface area contributed by atoms with Crippen molar-refractivity contribution in [3.8, 4) is 11.4 Å². The van der Waals surface area contributed by atoms with E-state index in [9.17, 15) is 4.79 Å². The summed E-state index contributed by atoms with van der Waals surface area (Å²) < 4.78 is 0. The first-order valence-electron chi connectivity index (χ1n) is 8.50. The summed E-state index contributed by atoms with van der Waals surface area (Å²) in [5, 5.41) is 4.02. The van der Waals surface area contributed by atoms with Crippen molar-refractivity contribution in [2.24, 2.45) is 5.73 Å². The first-order chi connectivity index (χ1) is 13.2. The van der Waals surface area contributed by atoms with Crippen molar-refractivity contribution in [1.29, 1.82) is 0 Å². The maximum absolute atomic E-state index is 12.1. The van der Waals surface area contributed by atoms with Gasteiger partial charge in [0.1, 0.15) is 11.9 Å². The molecular weight excluding hydrogens is 338 g/mol. The summed E-state index contributed by atoms with van der Waals surface area (Å²) in [6, 6.07) is 20.0. The number of anilines is 1. The fourth-order valence-corrected chi connectivity index (χ4v) is 2.92. The van der Waals surface area contributed by atoms with Gasteiger partial charge in [-0.15, -0.1) is 0 Å². The van der Waals surface area contributed by atoms with Crippen molar-refractivity contribution in [3.05, 3.63) is 84.7 Å². The normalized spacial score (nSPS) is 11.9. The Morgan fingerprint density at radius 1 is 0.889 bits per heavy atom. The molecule has 0 aliphatic heterocycles. The monoisotopic (exact) mass is 355 g/mol. The average molecular weight is 355 g/mol. The SMILES string of the molecule is NC(=O)[C@H](Nc1nc(-c2ccncc2)nc2ccccc12)c1ccccc1. The van der Waals surface area contributed by atoms with Gasteiger partial charge in [0.25, 0.3) is 0 Å². The molecule has 2 heterocycles. The largest absolute Gasteiger partial charge is 0.368 e. The molecule has 0 saturated carbocycles. The summed E-state index contributed by atoms with van der Waals surface area (Å²) in [5.74, 6) is 0.629. The van der Waals surface area contributed by atoms with E-state index in [4.69, 9.17) is 5.73 Å². The van der Waals surface area contributed by atoms with Gasteiger partial charge in [-0.1, -0.05) is 42.5 Å². The highest BCUT2D eigenvalue weighted by atomic mass is 16.1. The van der Waals surface area contributed by atoms with Crippen LogP contribution in [0.2, 0.25) is 0 Å². The number of rotatable bonds is 5. The lowest BCUT2D eigenvalue weighted by Gasteiger charge is -2.18. The minimum Gasteiger partial charge on any atom is -0.368 e. The molecule has 1 atom stereocenters. The van der Waals surface area contributed by atoms with E-state index in [-0.39, 0.29) is 0 Å². The van der Waals surface area contributed by atoms with Crippen LogP contribution in [0.3, 0.4) is 0 Å². The van der Waals surface area contributed by atoms with Crippen LogP contribution in [-0.4, -0.2) is 20.9 Å². The van der Waals surface area contributed by atoms with Crippen molar-refractivity contribution in [3.63, 3.8) is 0 Å². The number of nitrogens with one attached hydrogen (secondary N) is 1. The van der Waals surface area contributed by atoms with Crippen LogP contribution in [0.5, 0.6) is 0 Å². The van der Waals surface area contributed by atoms with Gasteiger partial charge in [0.15, 0.2) is 5.82 Å². The first kappa shape index (κ1) is 16.7. The second kappa shape index (κ2) is 7.21. The van der Waals surface area contributed by atoms with Gasteiger partial charge in [0.2, 0.25) is 5.91 Å². The van der Waals surface area contributed by atoms with E-state index in [1.54, 1.807) is 12.4 Å². The van der Waals surface area contributed by atoms with E-state index in [1.807, 2.05) is 66.7 Å². The van der Waals surface area contributed by atoms with Crippen molar-refractivity contribution in [2.45, 2.75) is 6.04 Å². The molecule has 27 heavy (non-hydrogen) atoms. The smallest absolute Gasteiger partial charge is 0.244 e. The number of amides is 1. The number of carbonyl (C=O) groups excluding carboxylic acids is 1. The molecule has 0 spiro atoms. The number of pyridine rings is 1. The van der Waals surface area contributed by atoms with Crippen LogP contribution >= 0.6 is 0 Å². The number of carbonyl (C=O) groups is 1. The molecule has 2 aromatic heterocycles. The zero-order valence-electron chi connectivity index (χ0n) is 14.4. The van der Waals surface area contributed by atoms with Crippen LogP contribution < -0.4 is 11.1 Å². The van der Waals surface area contributed by atoms with Crippen LogP contribution in [0.15, 0.2) is 79.1 Å². The molecule has 0 aliphatic rings. The van der Waals surface area contributed by atoms with Crippen molar-refractivity contribution >= 4 is 22.6 Å². The molecule has 0 bridgehead atoms. The van der Waals surface area contributed by atoms with Gasteiger partial charge in [0, 0.05) is 23.3 Å². The molecule has 1 amide bonds. The predicted molar refractivity (Wildman–Crippen MR) is 105 cm³/mol. The number of hydrogen-bond acceptors (Lipinski definition) is 5. The fourth-order valence-electron chi connectivity index (χ4n) is 2.92. The van der Waals surface area contributed by atoms with Gasteiger partial charge in [-0.05, 0) is 29.8 Å². The van der Waals surface area contributed by atoms with Gasteiger partial charge in [-0.25, -0.2) is 9.97 Å². The number of aromatic nitrogens is 3. The summed E-state index contributed by atoms with van der Waals surface area (Å²) in [5.41, 5.74) is 8.05. The highest BCUT2D eigenvalue weighted by Gasteiger charge is 2.20. The second-order valence-electron chi connectivity index (χ2n) is 6.04. The lowest BCUT2D eigenvalue weighted by atomic mass is 10.1. The molecule has 132 valence electrons. The number of benzene rings is 2. The van der Waals surface area contributed by atoms with Crippen LogP contribution in [0.25, 0.3) is 22.3 Å². The van der Waals surface area contributed by atoms with Crippen LogP contribution in [0.1, 0.15) is 11.6 Å². The number of nitrogens with zero attached hydrogens (tertiary/aromatic N) is 3. The maximum Gasteiger partial charge on any atom is 0.244 e. The number of primary amides is 1. The summed E-state index contributed by atoms with van der Waals surface area (Å²) in [4.78, 5) is 25.4. The molecular formula is C21H17N5O. The molecule has 0 radical (unpaired) electrons. The zero-order chi connectivity index (χ0) is 18.6. The van der Waals surface area contributed by atoms with Crippen LogP contribution in [-0.2, 0) is 4.79 Å². The Labute approximate surface area is 156 Å². The standard InChI is InChI=1S/C21H17N5O/c22-19(27)18(14-6-2-1-3-7-14)25-21-16-8-4-5-9-17(16)24-20(26-21)15-10-12-23-13-11-15/h1-13,18H,(H2,22,27)(H,24,25,26)/t18-/m1/s1. The molecule has 0 unspecified atom stereocenters. The van der Waals surface area contributed by atoms with Crippen molar-refractivity contribution in [2.75, 3.05) is 5.32 Å². The van der Waals surface area contributed by atoms with E-state index >= 15 is 0 Å². The second-order valence-corrected chi connectivity index (χ2v) is 6.04. The Balaban J connectivity index is 1.83. The lowest BCUT2D eigenvalue weighted by molar-refractivity contribution is -0.118. The van der Waals surface area contributed by atoms with Gasteiger partial charge in [-0.3, -0.25) is 9.78 Å². The fraction of sp³-hybridized carbons (Fsp3) is 0.0476. The summed E-state index contributed by atoms with van der Waals surface area (Å²) in [6.07, 6.45) is 3.38. The number of hydrogen-bond donors (Lipinski definition) is 2. The average Bonchev–Trinajstić information content (AvgIpc) is 2.72. The molecule has 2 aromatic carbocycles. The molecule has 0 fully saturated rings. The van der Waals surface area contributed by atoms with E-state index in [0.29, 0.717) is 11.6 Å². The van der Waals surface area contributed by atoms with Crippen LogP contribution in [0, 0.1) is 0 Å². The molecule has 0 saturated heterocycles. The Morgan fingerprint density at radius 2 is 1.59 bits per heavy atom. The Bertz CT molecular complexity index is 1080. The maximum atomic E-state index is 12.1. The van der Waals surface area contributed by atoms with Gasteiger partial charge < -0.3 is 11.1 Å². The van der Waals surface area contributed by atoms with Crippen molar-refractivity contribution < 1.29 is 4.79 Å². The summed E-state index contributed by atoms with van der Waals surface area (Å²) in [6.45, 7) is 0. The van der Waals surface area contributed by atoms with E-state index in [0.717, 1.165) is 22.0 Å². The summed E-state index contributed by atoms with van der Waals surface area (Å²) >= 11 is 0. The topological polar surface area (TPSA) is 93.8 Å². The third-order valence-corrected chi connectivity index (χ3v) is 4.24. The molecule has 4 aromatic rings.